The summed E-state index contributed by atoms with van der Waals surface area (Å²) >= 11 is 6.34. The Balaban J connectivity index is 1.71. The second kappa shape index (κ2) is 5.56. The van der Waals surface area contributed by atoms with Gasteiger partial charge in [0, 0.05) is 29.8 Å². The summed E-state index contributed by atoms with van der Waals surface area (Å²) in [5, 5.41) is 4.24. The molecule has 22 heavy (non-hydrogen) atoms. The summed E-state index contributed by atoms with van der Waals surface area (Å²) in [4.78, 5) is 4.44. The van der Waals surface area contributed by atoms with Crippen molar-refractivity contribution >= 4 is 11.6 Å². The van der Waals surface area contributed by atoms with Crippen LogP contribution in [0.4, 0.5) is 0 Å². The molecule has 1 N–H and O–H groups in total. The zero-order valence-electron chi connectivity index (χ0n) is 12.6. The van der Waals surface area contributed by atoms with Crippen LogP contribution in [-0.2, 0) is 0 Å². The molecule has 2 fully saturated rings. The number of fused-ring (bicyclic) bond motifs is 2. The van der Waals surface area contributed by atoms with E-state index in [2.05, 4.69) is 16.4 Å². The fraction of sp³-hybridized carbons (Fsp3) is 0.389. The molecule has 1 aromatic carbocycles. The van der Waals surface area contributed by atoms with Gasteiger partial charge in [0.15, 0.2) is 0 Å². The molecule has 2 bridgehead atoms. The van der Waals surface area contributed by atoms with Crippen molar-refractivity contribution in [2.45, 2.75) is 37.3 Å². The molecule has 3 atom stereocenters. The number of nitrogens with zero attached hydrogens (tertiary/aromatic N) is 1. The third-order valence-electron chi connectivity index (χ3n) is 4.97. The number of halogens is 1. The van der Waals surface area contributed by atoms with Crippen molar-refractivity contribution in [3.63, 3.8) is 0 Å². The van der Waals surface area contributed by atoms with Gasteiger partial charge in [-0.2, -0.15) is 0 Å². The zero-order valence-corrected chi connectivity index (χ0v) is 13.3. The number of aromatic nitrogens is 1. The second-order valence-electron chi connectivity index (χ2n) is 6.23. The normalized spacial score (nSPS) is 26.4. The highest BCUT2D eigenvalue weighted by atomic mass is 35.5. The Labute approximate surface area is 135 Å². The van der Waals surface area contributed by atoms with Gasteiger partial charge in [0.25, 0.3) is 0 Å². The van der Waals surface area contributed by atoms with Crippen LogP contribution in [0.25, 0.3) is 11.1 Å². The maximum Gasteiger partial charge on any atom is 0.136 e. The highest BCUT2D eigenvalue weighted by Gasteiger charge is 2.39. The van der Waals surface area contributed by atoms with Crippen molar-refractivity contribution in [2.24, 2.45) is 0 Å². The highest BCUT2D eigenvalue weighted by molar-refractivity contribution is 6.32. The van der Waals surface area contributed by atoms with E-state index in [1.807, 2.05) is 30.5 Å². The number of methoxy groups -OCH3 is 1. The molecule has 3 nitrogen and oxygen atoms in total. The number of pyridine rings is 1. The largest absolute Gasteiger partial charge is 0.497 e. The summed E-state index contributed by atoms with van der Waals surface area (Å²) < 4.78 is 5.31. The van der Waals surface area contributed by atoms with Gasteiger partial charge in [-0.1, -0.05) is 23.7 Å². The summed E-state index contributed by atoms with van der Waals surface area (Å²) in [5.74, 6) is 1.40. The highest BCUT2D eigenvalue weighted by Crippen LogP contribution is 2.41. The van der Waals surface area contributed by atoms with Crippen LogP contribution in [-0.4, -0.2) is 24.2 Å². The summed E-state index contributed by atoms with van der Waals surface area (Å²) in [6, 6.07) is 11.5. The minimum atomic E-state index is 0.549. The van der Waals surface area contributed by atoms with Crippen LogP contribution in [0, 0.1) is 0 Å². The first-order valence-electron chi connectivity index (χ1n) is 7.80. The average Bonchev–Trinajstić information content (AvgIpc) is 3.18. The van der Waals surface area contributed by atoms with Gasteiger partial charge < -0.3 is 10.1 Å². The number of ether oxygens (including phenoxy) is 1. The first kappa shape index (κ1) is 14.0. The fourth-order valence-electron chi connectivity index (χ4n) is 3.85. The van der Waals surface area contributed by atoms with E-state index in [0.29, 0.717) is 23.2 Å². The Morgan fingerprint density at radius 1 is 1.27 bits per heavy atom. The van der Waals surface area contributed by atoms with Crippen molar-refractivity contribution in [1.29, 1.82) is 0 Å². The molecule has 2 aromatic rings. The van der Waals surface area contributed by atoms with Gasteiger partial charge >= 0.3 is 0 Å². The molecule has 0 amide bonds. The quantitative estimate of drug-likeness (QED) is 0.869. The van der Waals surface area contributed by atoms with E-state index in [4.69, 9.17) is 16.3 Å². The van der Waals surface area contributed by atoms with E-state index in [-0.39, 0.29) is 0 Å². The zero-order chi connectivity index (χ0) is 15.1. The van der Waals surface area contributed by atoms with Gasteiger partial charge in [-0.15, -0.1) is 0 Å². The monoisotopic (exact) mass is 314 g/mol. The minimum absolute atomic E-state index is 0.549. The lowest BCUT2D eigenvalue weighted by atomic mass is 9.84. The second-order valence-corrected chi connectivity index (χ2v) is 6.59. The molecular formula is C18H19ClN2O. The molecule has 3 heterocycles. The molecule has 0 saturated carbocycles. The van der Waals surface area contributed by atoms with Crippen molar-refractivity contribution in [3.8, 4) is 16.9 Å². The first-order valence-corrected chi connectivity index (χ1v) is 8.18. The Hall–Kier alpha value is -1.58. The lowest BCUT2D eigenvalue weighted by molar-refractivity contribution is 0.415. The maximum absolute atomic E-state index is 6.34. The molecule has 0 spiro atoms. The predicted molar refractivity (Wildman–Crippen MR) is 88.5 cm³/mol. The number of hydrogen-bond acceptors (Lipinski definition) is 3. The van der Waals surface area contributed by atoms with Crippen LogP contribution in [0.3, 0.4) is 0 Å². The van der Waals surface area contributed by atoms with Gasteiger partial charge in [-0.05, 0) is 48.6 Å². The molecule has 3 unspecified atom stereocenters. The maximum atomic E-state index is 6.34. The van der Waals surface area contributed by atoms with E-state index in [1.54, 1.807) is 7.11 Å². The van der Waals surface area contributed by atoms with Crippen molar-refractivity contribution in [1.82, 2.24) is 10.3 Å². The van der Waals surface area contributed by atoms with Crippen molar-refractivity contribution in [2.75, 3.05) is 7.11 Å². The molecule has 2 aliphatic heterocycles. The number of benzene rings is 1. The van der Waals surface area contributed by atoms with Crippen molar-refractivity contribution in [3.05, 3.63) is 47.2 Å². The smallest absolute Gasteiger partial charge is 0.136 e. The Morgan fingerprint density at radius 3 is 2.91 bits per heavy atom. The molecule has 4 heteroatoms. The standard InChI is InChI=1S/C18H19ClN2O/c1-22-14-4-2-3-11(7-14)16-8-12(10-20-18(16)19)15-9-13-5-6-17(15)21-13/h2-4,7-8,10,13,15,17,21H,5-6,9H2,1H3. The molecule has 1 aromatic heterocycles. The predicted octanol–water partition coefficient (Wildman–Crippen LogP) is 4.02. The summed E-state index contributed by atoms with van der Waals surface area (Å²) in [7, 11) is 1.68. The molecule has 2 saturated heterocycles. The Bertz CT molecular complexity index is 703. The third kappa shape index (κ3) is 2.38. The first-order chi connectivity index (χ1) is 10.7. The molecule has 4 rings (SSSR count). The van der Waals surface area contributed by atoms with Gasteiger partial charge in [0.2, 0.25) is 0 Å². The minimum Gasteiger partial charge on any atom is -0.497 e. The lowest BCUT2D eigenvalue weighted by Gasteiger charge is -2.21. The van der Waals surface area contributed by atoms with Gasteiger partial charge in [-0.25, -0.2) is 4.98 Å². The molecule has 2 aliphatic rings. The summed E-state index contributed by atoms with van der Waals surface area (Å²) in [6.45, 7) is 0. The Morgan fingerprint density at radius 2 is 2.18 bits per heavy atom. The molecule has 0 radical (unpaired) electrons. The lowest BCUT2D eigenvalue weighted by Crippen LogP contribution is -2.21. The Kier molecular flexibility index (Phi) is 3.55. The summed E-state index contributed by atoms with van der Waals surface area (Å²) in [5.41, 5.74) is 3.33. The van der Waals surface area contributed by atoms with E-state index in [0.717, 1.165) is 16.9 Å². The van der Waals surface area contributed by atoms with Gasteiger partial charge in [-0.3, -0.25) is 0 Å². The average molecular weight is 315 g/mol. The van der Waals surface area contributed by atoms with Gasteiger partial charge in [0.1, 0.15) is 10.9 Å². The van der Waals surface area contributed by atoms with Crippen LogP contribution in [0.2, 0.25) is 5.15 Å². The topological polar surface area (TPSA) is 34.1 Å². The SMILES string of the molecule is COc1cccc(-c2cc(C3CC4CCC3N4)cnc2Cl)c1. The van der Waals surface area contributed by atoms with Crippen LogP contribution in [0.15, 0.2) is 36.5 Å². The molecule has 0 aliphatic carbocycles. The van der Waals surface area contributed by atoms with E-state index in [9.17, 15) is 0 Å². The van der Waals surface area contributed by atoms with Gasteiger partial charge in [0.05, 0.1) is 7.11 Å². The number of nitrogens with one attached hydrogen (secondary N) is 1. The van der Waals surface area contributed by atoms with Crippen LogP contribution in [0.5, 0.6) is 5.75 Å². The van der Waals surface area contributed by atoms with E-state index in [1.165, 1.54) is 24.8 Å². The number of hydrogen-bond donors (Lipinski definition) is 1. The van der Waals surface area contributed by atoms with E-state index >= 15 is 0 Å². The molecule has 114 valence electrons. The van der Waals surface area contributed by atoms with Crippen molar-refractivity contribution < 1.29 is 4.74 Å². The van der Waals surface area contributed by atoms with E-state index < -0.39 is 0 Å². The fourth-order valence-corrected chi connectivity index (χ4v) is 4.07. The third-order valence-corrected chi connectivity index (χ3v) is 5.27. The number of rotatable bonds is 3. The van der Waals surface area contributed by atoms with Crippen LogP contribution >= 0.6 is 11.6 Å². The van der Waals surface area contributed by atoms with Crippen LogP contribution in [0.1, 0.15) is 30.7 Å². The van der Waals surface area contributed by atoms with Crippen LogP contribution < -0.4 is 10.1 Å². The molecular weight excluding hydrogens is 296 g/mol. The summed E-state index contributed by atoms with van der Waals surface area (Å²) in [6.07, 6.45) is 5.74.